The van der Waals surface area contributed by atoms with Gasteiger partial charge in [-0.15, -0.1) is 0 Å². The summed E-state index contributed by atoms with van der Waals surface area (Å²) < 4.78 is 36.1. The summed E-state index contributed by atoms with van der Waals surface area (Å²) in [7, 11) is -3.60. The molecule has 0 saturated carbocycles. The molecule has 9 heteroatoms. The number of rotatable bonds is 4. The number of nitrogens with zero attached hydrogens (tertiary/aromatic N) is 1. The Bertz CT molecular complexity index is 817. The third kappa shape index (κ3) is 3.25. The van der Waals surface area contributed by atoms with E-state index in [1.807, 2.05) is 0 Å². The van der Waals surface area contributed by atoms with Gasteiger partial charge in [0.25, 0.3) is 10.0 Å². The van der Waals surface area contributed by atoms with Crippen LogP contribution in [0, 0.1) is 0 Å². The van der Waals surface area contributed by atoms with Gasteiger partial charge in [0.1, 0.15) is 11.9 Å². The molecule has 128 valence electrons. The highest BCUT2D eigenvalue weighted by Crippen LogP contribution is 2.22. The second-order valence-electron chi connectivity index (χ2n) is 5.54. The molecule has 8 nitrogen and oxygen atoms in total. The van der Waals surface area contributed by atoms with Gasteiger partial charge in [-0.05, 0) is 19.1 Å². The maximum Gasteiger partial charge on any atom is 0.347 e. The van der Waals surface area contributed by atoms with Gasteiger partial charge >= 0.3 is 11.9 Å². The van der Waals surface area contributed by atoms with Crippen molar-refractivity contribution in [1.29, 1.82) is 0 Å². The number of hydrogen-bond acceptors (Lipinski definition) is 7. The highest BCUT2D eigenvalue weighted by molar-refractivity contribution is 7.90. The zero-order chi connectivity index (χ0) is 17.3. The summed E-state index contributed by atoms with van der Waals surface area (Å²) in [5.41, 5.74) is 0.471. The van der Waals surface area contributed by atoms with E-state index < -0.39 is 28.1 Å². The predicted octanol–water partition coefficient (Wildman–Crippen LogP) is 0.362. The molecule has 2 aliphatic rings. The number of esters is 2. The van der Waals surface area contributed by atoms with Crippen LogP contribution in [0.15, 0.2) is 34.2 Å². The van der Waals surface area contributed by atoms with E-state index in [2.05, 4.69) is 9.71 Å². The Labute approximate surface area is 138 Å². The van der Waals surface area contributed by atoms with Crippen molar-refractivity contribution in [2.45, 2.75) is 36.9 Å². The number of fused-ring (bicyclic) bond motifs is 1. The van der Waals surface area contributed by atoms with Crippen LogP contribution in [0.4, 0.5) is 0 Å². The quantitative estimate of drug-likeness (QED) is 0.784. The van der Waals surface area contributed by atoms with E-state index in [0.29, 0.717) is 12.0 Å². The molecule has 0 radical (unpaired) electrons. The van der Waals surface area contributed by atoms with Crippen molar-refractivity contribution in [2.24, 2.45) is 4.99 Å². The molecular formula is C15H16N2O6S. The molecule has 1 aromatic rings. The van der Waals surface area contributed by atoms with Gasteiger partial charge in [0.15, 0.2) is 0 Å². The summed E-state index contributed by atoms with van der Waals surface area (Å²) in [6.07, 6.45) is -0.858. The molecule has 2 atom stereocenters. The summed E-state index contributed by atoms with van der Waals surface area (Å²) in [5, 5.41) is 0. The molecule has 0 amide bonds. The summed E-state index contributed by atoms with van der Waals surface area (Å²) in [6, 6.07) is 6.46. The molecule has 1 aromatic carbocycles. The van der Waals surface area contributed by atoms with Gasteiger partial charge in [-0.1, -0.05) is 12.1 Å². The van der Waals surface area contributed by atoms with E-state index in [-0.39, 0.29) is 29.8 Å². The summed E-state index contributed by atoms with van der Waals surface area (Å²) in [6.45, 7) is 1.77. The van der Waals surface area contributed by atoms with Gasteiger partial charge in [0.2, 0.25) is 6.10 Å². The van der Waals surface area contributed by atoms with E-state index >= 15 is 0 Å². The number of carbonyl (C=O) groups is 2. The number of nitrogens with one attached hydrogen (secondary N) is 1. The number of benzene rings is 1. The highest BCUT2D eigenvalue weighted by Gasteiger charge is 2.35. The van der Waals surface area contributed by atoms with Gasteiger partial charge < -0.3 is 9.47 Å². The minimum atomic E-state index is -3.60. The SMILES string of the molecule is C[C@@H]1C[C@@H](OC(=O)CCN=C2NS(=O)(=O)c3ccccc32)C(=O)O1. The first kappa shape index (κ1) is 16.4. The zero-order valence-corrected chi connectivity index (χ0v) is 13.7. The molecule has 2 aliphatic heterocycles. The first-order chi connectivity index (χ1) is 11.4. The van der Waals surface area contributed by atoms with Crippen molar-refractivity contribution in [3.8, 4) is 0 Å². The third-order valence-corrected chi connectivity index (χ3v) is 5.05. The minimum absolute atomic E-state index is 0.0440. The summed E-state index contributed by atoms with van der Waals surface area (Å²) >= 11 is 0. The number of amidine groups is 1. The second kappa shape index (κ2) is 6.23. The Balaban J connectivity index is 1.59. The lowest BCUT2D eigenvalue weighted by molar-refractivity contribution is -0.160. The van der Waals surface area contributed by atoms with Gasteiger partial charge in [-0.2, -0.15) is 0 Å². The molecule has 1 fully saturated rings. The van der Waals surface area contributed by atoms with E-state index in [1.54, 1.807) is 25.1 Å². The number of sulfonamides is 1. The topological polar surface area (TPSA) is 111 Å². The van der Waals surface area contributed by atoms with E-state index in [0.717, 1.165) is 0 Å². The normalized spacial score (nSPS) is 25.9. The fourth-order valence-electron chi connectivity index (χ4n) is 2.54. The number of cyclic esters (lactones) is 1. The van der Waals surface area contributed by atoms with Crippen molar-refractivity contribution in [1.82, 2.24) is 4.72 Å². The van der Waals surface area contributed by atoms with Crippen LogP contribution in [0.3, 0.4) is 0 Å². The number of hydrogen-bond donors (Lipinski definition) is 1. The highest BCUT2D eigenvalue weighted by atomic mass is 32.2. The number of ether oxygens (including phenoxy) is 2. The molecule has 1 N–H and O–H groups in total. The average Bonchev–Trinajstić information content (AvgIpc) is 2.96. The third-order valence-electron chi connectivity index (χ3n) is 3.65. The fourth-order valence-corrected chi connectivity index (χ4v) is 3.80. The molecule has 24 heavy (non-hydrogen) atoms. The maximum absolute atomic E-state index is 11.9. The van der Waals surface area contributed by atoms with Gasteiger partial charge in [-0.3, -0.25) is 14.5 Å². The molecule has 0 aromatic heterocycles. The van der Waals surface area contributed by atoms with Crippen LogP contribution in [0.1, 0.15) is 25.3 Å². The van der Waals surface area contributed by atoms with Crippen molar-refractivity contribution in [2.75, 3.05) is 6.54 Å². The largest absolute Gasteiger partial charge is 0.460 e. The standard InChI is InChI=1S/C15H16N2O6S/c1-9-8-11(15(19)22-9)23-13(18)6-7-16-14-10-4-2-3-5-12(10)24(20,21)17-14/h2-5,9,11H,6-8H2,1H3,(H,16,17)/t9-,11-/m1/s1. The molecule has 2 heterocycles. The molecular weight excluding hydrogens is 336 g/mol. The Morgan fingerprint density at radius 1 is 1.42 bits per heavy atom. The van der Waals surface area contributed by atoms with Crippen LogP contribution in [0.2, 0.25) is 0 Å². The zero-order valence-electron chi connectivity index (χ0n) is 12.9. The minimum Gasteiger partial charge on any atom is -0.460 e. The Morgan fingerprint density at radius 2 is 2.17 bits per heavy atom. The van der Waals surface area contributed by atoms with Crippen LogP contribution in [0.25, 0.3) is 0 Å². The van der Waals surface area contributed by atoms with Crippen LogP contribution in [-0.4, -0.2) is 44.9 Å². The Kier molecular flexibility index (Phi) is 4.27. The number of aliphatic imine (C=N–C) groups is 1. The lowest BCUT2D eigenvalue weighted by Crippen LogP contribution is -2.24. The van der Waals surface area contributed by atoms with Crippen LogP contribution in [-0.2, 0) is 29.1 Å². The van der Waals surface area contributed by atoms with Gasteiger partial charge in [0, 0.05) is 12.0 Å². The molecule has 1 saturated heterocycles. The Hall–Kier alpha value is -2.42. The van der Waals surface area contributed by atoms with Gasteiger partial charge in [-0.25, -0.2) is 13.2 Å². The first-order valence-electron chi connectivity index (χ1n) is 7.43. The molecule has 0 unspecified atom stereocenters. The number of carbonyl (C=O) groups excluding carboxylic acids is 2. The van der Waals surface area contributed by atoms with Crippen molar-refractivity contribution in [3.05, 3.63) is 29.8 Å². The predicted molar refractivity (Wildman–Crippen MR) is 82.8 cm³/mol. The van der Waals surface area contributed by atoms with Gasteiger partial charge in [0.05, 0.1) is 17.9 Å². The molecule has 0 aliphatic carbocycles. The lowest BCUT2D eigenvalue weighted by Gasteiger charge is -2.07. The summed E-state index contributed by atoms with van der Waals surface area (Å²) in [4.78, 5) is 27.4. The van der Waals surface area contributed by atoms with Crippen LogP contribution < -0.4 is 4.72 Å². The van der Waals surface area contributed by atoms with E-state index in [1.165, 1.54) is 6.07 Å². The summed E-state index contributed by atoms with van der Waals surface area (Å²) in [5.74, 6) is -0.920. The van der Waals surface area contributed by atoms with Crippen LogP contribution in [0.5, 0.6) is 0 Å². The average molecular weight is 352 g/mol. The fraction of sp³-hybridized carbons (Fsp3) is 0.400. The van der Waals surface area contributed by atoms with E-state index in [9.17, 15) is 18.0 Å². The van der Waals surface area contributed by atoms with Crippen molar-refractivity contribution in [3.63, 3.8) is 0 Å². The van der Waals surface area contributed by atoms with Crippen LogP contribution >= 0.6 is 0 Å². The Morgan fingerprint density at radius 3 is 2.88 bits per heavy atom. The van der Waals surface area contributed by atoms with Crippen molar-refractivity contribution >= 4 is 27.8 Å². The molecule has 3 rings (SSSR count). The monoisotopic (exact) mass is 352 g/mol. The second-order valence-corrected chi connectivity index (χ2v) is 7.19. The van der Waals surface area contributed by atoms with Crippen molar-refractivity contribution < 1.29 is 27.5 Å². The maximum atomic E-state index is 11.9. The smallest absolute Gasteiger partial charge is 0.347 e. The lowest BCUT2D eigenvalue weighted by atomic mass is 10.2. The first-order valence-corrected chi connectivity index (χ1v) is 8.92. The molecule has 0 bridgehead atoms. The van der Waals surface area contributed by atoms with E-state index in [4.69, 9.17) is 9.47 Å². The molecule has 0 spiro atoms.